The third-order valence-corrected chi connectivity index (χ3v) is 2.62. The molecule has 7 nitrogen and oxygen atoms in total. The van der Waals surface area contributed by atoms with Gasteiger partial charge in [-0.15, -0.1) is 0 Å². The van der Waals surface area contributed by atoms with Crippen LogP contribution in [-0.2, 0) is 14.3 Å². The molecule has 1 aromatic rings. The summed E-state index contributed by atoms with van der Waals surface area (Å²) in [6, 6.07) is 4.55. The number of benzene rings is 1. The van der Waals surface area contributed by atoms with Crippen LogP contribution < -0.4 is 15.8 Å². The average Bonchev–Trinajstić information content (AvgIpc) is 2.49. The SMILES string of the molecule is COCCCNC(=O)COc1ccc(N)cc1C(=O)OC. The maximum atomic E-state index is 11.6. The van der Waals surface area contributed by atoms with E-state index in [2.05, 4.69) is 10.1 Å². The van der Waals surface area contributed by atoms with E-state index in [4.69, 9.17) is 15.2 Å². The Morgan fingerprint density at radius 2 is 2.05 bits per heavy atom. The maximum absolute atomic E-state index is 11.6. The van der Waals surface area contributed by atoms with Crippen molar-refractivity contribution in [2.45, 2.75) is 6.42 Å². The van der Waals surface area contributed by atoms with Crippen molar-refractivity contribution in [3.8, 4) is 5.75 Å². The molecule has 0 aliphatic rings. The summed E-state index contributed by atoms with van der Waals surface area (Å²) in [5.74, 6) is -0.598. The van der Waals surface area contributed by atoms with E-state index in [-0.39, 0.29) is 23.8 Å². The third-order valence-electron chi connectivity index (χ3n) is 2.62. The smallest absolute Gasteiger partial charge is 0.341 e. The second-order valence-electron chi connectivity index (χ2n) is 4.23. The molecule has 7 heteroatoms. The van der Waals surface area contributed by atoms with Gasteiger partial charge in [-0.05, 0) is 24.6 Å². The summed E-state index contributed by atoms with van der Waals surface area (Å²) in [7, 11) is 2.86. The first kappa shape index (κ1) is 16.8. The number of nitrogens with two attached hydrogens (primary N) is 1. The van der Waals surface area contributed by atoms with Crippen molar-refractivity contribution in [1.29, 1.82) is 0 Å². The Morgan fingerprint density at radius 1 is 1.29 bits per heavy atom. The summed E-state index contributed by atoms with van der Waals surface area (Å²) in [6.45, 7) is 0.883. The number of esters is 1. The first-order valence-corrected chi connectivity index (χ1v) is 6.44. The predicted molar refractivity (Wildman–Crippen MR) is 77.2 cm³/mol. The molecule has 1 rings (SSSR count). The zero-order chi connectivity index (χ0) is 15.7. The zero-order valence-corrected chi connectivity index (χ0v) is 12.2. The molecule has 0 saturated carbocycles. The van der Waals surface area contributed by atoms with Crippen molar-refractivity contribution in [2.75, 3.05) is 39.7 Å². The molecule has 0 aliphatic carbocycles. The summed E-state index contributed by atoms with van der Waals surface area (Å²) in [6.07, 6.45) is 0.720. The number of methoxy groups -OCH3 is 2. The monoisotopic (exact) mass is 296 g/mol. The number of rotatable bonds is 8. The Kier molecular flexibility index (Phi) is 7.03. The lowest BCUT2D eigenvalue weighted by atomic mass is 10.2. The molecule has 1 aromatic carbocycles. The molecule has 0 atom stereocenters. The maximum Gasteiger partial charge on any atom is 0.341 e. The van der Waals surface area contributed by atoms with E-state index in [1.807, 2.05) is 0 Å². The van der Waals surface area contributed by atoms with Gasteiger partial charge in [-0.2, -0.15) is 0 Å². The number of amides is 1. The highest BCUT2D eigenvalue weighted by Gasteiger charge is 2.14. The Morgan fingerprint density at radius 3 is 2.71 bits per heavy atom. The van der Waals surface area contributed by atoms with Crippen LogP contribution >= 0.6 is 0 Å². The van der Waals surface area contributed by atoms with Crippen molar-refractivity contribution in [3.63, 3.8) is 0 Å². The molecular weight excluding hydrogens is 276 g/mol. The van der Waals surface area contributed by atoms with Crippen LogP contribution in [0.5, 0.6) is 5.75 Å². The van der Waals surface area contributed by atoms with E-state index in [1.54, 1.807) is 13.2 Å². The fourth-order valence-corrected chi connectivity index (χ4v) is 1.58. The zero-order valence-electron chi connectivity index (χ0n) is 12.2. The van der Waals surface area contributed by atoms with Crippen molar-refractivity contribution in [3.05, 3.63) is 23.8 Å². The minimum atomic E-state index is -0.571. The quantitative estimate of drug-likeness (QED) is 0.414. The second kappa shape index (κ2) is 8.80. The lowest BCUT2D eigenvalue weighted by Crippen LogP contribution is -2.30. The Labute approximate surface area is 123 Å². The van der Waals surface area contributed by atoms with Gasteiger partial charge in [0.25, 0.3) is 5.91 Å². The number of nitrogens with one attached hydrogen (secondary N) is 1. The number of carbonyl (C=O) groups excluding carboxylic acids is 2. The lowest BCUT2D eigenvalue weighted by Gasteiger charge is -2.11. The van der Waals surface area contributed by atoms with Crippen LogP contribution in [0.25, 0.3) is 0 Å². The summed E-state index contributed by atoms with van der Waals surface area (Å²) in [5, 5.41) is 2.68. The van der Waals surface area contributed by atoms with Crippen molar-refractivity contribution >= 4 is 17.6 Å². The number of carbonyl (C=O) groups is 2. The second-order valence-corrected chi connectivity index (χ2v) is 4.23. The fraction of sp³-hybridized carbons (Fsp3) is 0.429. The van der Waals surface area contributed by atoms with Crippen molar-refractivity contribution in [2.24, 2.45) is 0 Å². The average molecular weight is 296 g/mol. The van der Waals surface area contributed by atoms with Crippen LogP contribution in [0.1, 0.15) is 16.8 Å². The van der Waals surface area contributed by atoms with E-state index < -0.39 is 5.97 Å². The molecule has 21 heavy (non-hydrogen) atoms. The minimum absolute atomic E-state index is 0.185. The van der Waals surface area contributed by atoms with Gasteiger partial charge in [0.05, 0.1) is 7.11 Å². The molecule has 3 N–H and O–H groups in total. The largest absolute Gasteiger partial charge is 0.483 e. The Balaban J connectivity index is 2.55. The van der Waals surface area contributed by atoms with Crippen LogP contribution in [-0.4, -0.2) is 45.9 Å². The molecule has 0 aliphatic heterocycles. The molecule has 1 amide bonds. The standard InChI is InChI=1S/C14H20N2O5/c1-19-7-3-6-16-13(17)9-21-12-5-4-10(15)8-11(12)14(18)20-2/h4-5,8H,3,6-7,9,15H2,1-2H3,(H,16,17). The van der Waals surface area contributed by atoms with Gasteiger partial charge in [-0.1, -0.05) is 0 Å². The van der Waals surface area contributed by atoms with Gasteiger partial charge in [0.1, 0.15) is 11.3 Å². The predicted octanol–water partition coefficient (Wildman–Crippen LogP) is 0.587. The van der Waals surface area contributed by atoms with Gasteiger partial charge in [0.2, 0.25) is 0 Å². The Bertz CT molecular complexity index is 490. The van der Waals surface area contributed by atoms with E-state index >= 15 is 0 Å². The van der Waals surface area contributed by atoms with Crippen LogP contribution in [0.4, 0.5) is 5.69 Å². The highest BCUT2D eigenvalue weighted by Crippen LogP contribution is 2.22. The first-order chi connectivity index (χ1) is 10.1. The topological polar surface area (TPSA) is 99.9 Å². The van der Waals surface area contributed by atoms with Gasteiger partial charge in [0, 0.05) is 25.9 Å². The van der Waals surface area contributed by atoms with E-state index in [9.17, 15) is 9.59 Å². The molecule has 0 fully saturated rings. The van der Waals surface area contributed by atoms with Gasteiger partial charge in [-0.25, -0.2) is 4.79 Å². The lowest BCUT2D eigenvalue weighted by molar-refractivity contribution is -0.123. The van der Waals surface area contributed by atoms with E-state index in [1.165, 1.54) is 19.2 Å². The highest BCUT2D eigenvalue weighted by atomic mass is 16.5. The summed E-state index contributed by atoms with van der Waals surface area (Å²) in [4.78, 5) is 23.2. The molecule has 116 valence electrons. The number of anilines is 1. The summed E-state index contributed by atoms with van der Waals surface area (Å²) < 4.78 is 14.8. The summed E-state index contributed by atoms with van der Waals surface area (Å²) >= 11 is 0. The van der Waals surface area contributed by atoms with E-state index in [0.717, 1.165) is 6.42 Å². The number of nitrogen functional groups attached to an aromatic ring is 1. The molecule has 0 aromatic heterocycles. The molecule has 0 spiro atoms. The van der Waals surface area contributed by atoms with Crippen molar-refractivity contribution < 1.29 is 23.8 Å². The van der Waals surface area contributed by atoms with Crippen LogP contribution in [0.3, 0.4) is 0 Å². The van der Waals surface area contributed by atoms with Crippen molar-refractivity contribution in [1.82, 2.24) is 5.32 Å². The highest BCUT2D eigenvalue weighted by molar-refractivity contribution is 5.93. The third kappa shape index (κ3) is 5.70. The van der Waals surface area contributed by atoms with Crippen LogP contribution in [0.2, 0.25) is 0 Å². The molecule has 0 saturated heterocycles. The first-order valence-electron chi connectivity index (χ1n) is 6.44. The fourth-order valence-electron chi connectivity index (χ4n) is 1.58. The number of ether oxygens (including phenoxy) is 3. The Hall–Kier alpha value is -2.28. The molecule has 0 radical (unpaired) electrons. The number of hydrogen-bond donors (Lipinski definition) is 2. The van der Waals surface area contributed by atoms with Gasteiger partial charge >= 0.3 is 5.97 Å². The van der Waals surface area contributed by atoms with Gasteiger partial charge in [0.15, 0.2) is 6.61 Å². The summed E-state index contributed by atoms with van der Waals surface area (Å²) in [5.41, 5.74) is 6.21. The number of hydrogen-bond acceptors (Lipinski definition) is 6. The minimum Gasteiger partial charge on any atom is -0.483 e. The van der Waals surface area contributed by atoms with Gasteiger partial charge in [-0.3, -0.25) is 4.79 Å². The molecule has 0 unspecified atom stereocenters. The molecule has 0 heterocycles. The van der Waals surface area contributed by atoms with Crippen LogP contribution in [0.15, 0.2) is 18.2 Å². The van der Waals surface area contributed by atoms with E-state index in [0.29, 0.717) is 18.8 Å². The molecular formula is C14H20N2O5. The van der Waals surface area contributed by atoms with Gasteiger partial charge < -0.3 is 25.3 Å². The normalized spacial score (nSPS) is 10.0. The molecule has 0 bridgehead atoms. The van der Waals surface area contributed by atoms with Crippen LogP contribution in [0, 0.1) is 0 Å².